The number of aromatic amines is 1. The molecule has 2 N–H and O–H groups in total. The fourth-order valence-electron chi connectivity index (χ4n) is 3.94. The number of H-pyrrole nitrogens is 1. The van der Waals surface area contributed by atoms with Gasteiger partial charge in [0.2, 0.25) is 0 Å². The molecule has 1 aromatic heterocycles. The molecule has 1 saturated heterocycles. The first-order valence-corrected chi connectivity index (χ1v) is 9.66. The van der Waals surface area contributed by atoms with E-state index < -0.39 is 5.60 Å². The number of carbonyl (C=O) groups is 1. The molecular formula is C21H30N2O3. The van der Waals surface area contributed by atoms with Gasteiger partial charge >= 0.3 is 0 Å². The quantitative estimate of drug-likeness (QED) is 0.821. The third-order valence-corrected chi connectivity index (χ3v) is 5.94. The number of rotatable bonds is 6. The van der Waals surface area contributed by atoms with Crippen molar-refractivity contribution in [3.05, 3.63) is 30.0 Å². The van der Waals surface area contributed by atoms with E-state index in [0.717, 1.165) is 61.8 Å². The molecule has 0 saturated carbocycles. The lowest BCUT2D eigenvalue weighted by atomic mass is 9.82. The Morgan fingerprint density at radius 3 is 2.58 bits per heavy atom. The molecule has 1 aliphatic heterocycles. The molecule has 5 heteroatoms. The van der Waals surface area contributed by atoms with Crippen LogP contribution in [0.25, 0.3) is 10.9 Å². The lowest BCUT2D eigenvalue weighted by molar-refractivity contribution is -0.00131. The highest BCUT2D eigenvalue weighted by molar-refractivity contribution is 5.98. The summed E-state index contributed by atoms with van der Waals surface area (Å²) in [5.74, 6) is 1.34. The number of ether oxygens (including phenoxy) is 1. The Labute approximate surface area is 155 Å². The fraction of sp³-hybridized carbons (Fsp3) is 0.571. The van der Waals surface area contributed by atoms with E-state index in [-0.39, 0.29) is 5.91 Å². The molecule has 5 nitrogen and oxygen atoms in total. The zero-order valence-electron chi connectivity index (χ0n) is 16.0. The number of fused-ring (bicyclic) bond motifs is 1. The van der Waals surface area contributed by atoms with Crippen molar-refractivity contribution in [2.24, 2.45) is 5.92 Å². The van der Waals surface area contributed by atoms with Crippen molar-refractivity contribution in [1.82, 2.24) is 9.88 Å². The molecule has 1 fully saturated rings. The van der Waals surface area contributed by atoms with Gasteiger partial charge in [-0.25, -0.2) is 0 Å². The maximum absolute atomic E-state index is 12.8. The van der Waals surface area contributed by atoms with Gasteiger partial charge in [0.25, 0.3) is 5.91 Å². The maximum atomic E-state index is 12.8. The van der Waals surface area contributed by atoms with Gasteiger partial charge in [-0.15, -0.1) is 0 Å². The summed E-state index contributed by atoms with van der Waals surface area (Å²) in [5.41, 5.74) is 1.03. The van der Waals surface area contributed by atoms with E-state index in [1.165, 1.54) is 0 Å². The molecule has 1 amide bonds. The Kier molecular flexibility index (Phi) is 5.56. The number of carbonyl (C=O) groups excluding carboxylic acids is 1. The monoisotopic (exact) mass is 358 g/mol. The van der Waals surface area contributed by atoms with E-state index in [1.807, 2.05) is 43.0 Å². The number of nitrogens with zero attached hydrogens (tertiary/aromatic N) is 1. The van der Waals surface area contributed by atoms with Gasteiger partial charge in [0.05, 0.1) is 12.7 Å². The zero-order valence-corrected chi connectivity index (χ0v) is 16.0. The van der Waals surface area contributed by atoms with Crippen molar-refractivity contribution in [2.75, 3.05) is 20.2 Å². The van der Waals surface area contributed by atoms with Crippen LogP contribution < -0.4 is 4.74 Å². The summed E-state index contributed by atoms with van der Waals surface area (Å²) in [7, 11) is 1.64. The standard InChI is InChI=1S/C21H30N2O3/c1-4-21(25,5-2)14-15-8-10-23(11-9-15)20(24)19-13-16-12-17(26-3)6-7-18(16)22-19/h6-7,12-13,15,22,25H,4-5,8-11,14H2,1-3H3. The summed E-state index contributed by atoms with van der Waals surface area (Å²) < 4.78 is 5.25. The van der Waals surface area contributed by atoms with Crippen molar-refractivity contribution in [3.8, 4) is 5.75 Å². The van der Waals surface area contributed by atoms with Crippen molar-refractivity contribution in [1.29, 1.82) is 0 Å². The molecular weight excluding hydrogens is 328 g/mol. The first-order chi connectivity index (χ1) is 12.5. The summed E-state index contributed by atoms with van der Waals surface area (Å²) in [6.45, 7) is 5.61. The highest BCUT2D eigenvalue weighted by atomic mass is 16.5. The summed E-state index contributed by atoms with van der Waals surface area (Å²) in [6, 6.07) is 7.67. The van der Waals surface area contributed by atoms with Gasteiger partial charge in [0, 0.05) is 24.0 Å². The van der Waals surface area contributed by atoms with Crippen molar-refractivity contribution in [3.63, 3.8) is 0 Å². The number of piperidine rings is 1. The molecule has 0 unspecified atom stereocenters. The predicted octanol–water partition coefficient (Wildman–Crippen LogP) is 3.97. The van der Waals surface area contributed by atoms with Gasteiger partial charge in [0.1, 0.15) is 11.4 Å². The van der Waals surface area contributed by atoms with Gasteiger partial charge < -0.3 is 19.7 Å². The smallest absolute Gasteiger partial charge is 0.270 e. The van der Waals surface area contributed by atoms with Gasteiger partial charge in [-0.05, 0) is 62.3 Å². The van der Waals surface area contributed by atoms with Crippen LogP contribution in [0.3, 0.4) is 0 Å². The van der Waals surface area contributed by atoms with E-state index in [2.05, 4.69) is 4.98 Å². The minimum Gasteiger partial charge on any atom is -0.497 e. The SMILES string of the molecule is CCC(O)(CC)CC1CCN(C(=O)c2cc3cc(OC)ccc3[nH]2)CC1. The highest BCUT2D eigenvalue weighted by Gasteiger charge is 2.31. The molecule has 26 heavy (non-hydrogen) atoms. The van der Waals surface area contributed by atoms with Crippen LogP contribution in [-0.4, -0.2) is 46.7 Å². The lowest BCUT2D eigenvalue weighted by Gasteiger charge is -2.36. The van der Waals surface area contributed by atoms with Crippen LogP contribution in [0.5, 0.6) is 5.75 Å². The molecule has 0 bridgehead atoms. The summed E-state index contributed by atoms with van der Waals surface area (Å²) in [6.07, 6.45) is 4.35. The third-order valence-electron chi connectivity index (χ3n) is 5.94. The largest absolute Gasteiger partial charge is 0.497 e. The predicted molar refractivity (Wildman–Crippen MR) is 104 cm³/mol. The van der Waals surface area contributed by atoms with Crippen LogP contribution in [0.1, 0.15) is 56.4 Å². The first-order valence-electron chi connectivity index (χ1n) is 9.66. The molecule has 0 radical (unpaired) electrons. The van der Waals surface area contributed by atoms with Crippen molar-refractivity contribution >= 4 is 16.8 Å². The molecule has 0 spiro atoms. The molecule has 2 aromatic rings. The number of benzene rings is 1. The van der Waals surface area contributed by atoms with E-state index in [1.54, 1.807) is 7.11 Å². The number of likely N-dealkylation sites (tertiary alicyclic amines) is 1. The Morgan fingerprint density at radius 1 is 1.27 bits per heavy atom. The molecule has 0 aliphatic carbocycles. The average molecular weight is 358 g/mol. The number of hydrogen-bond donors (Lipinski definition) is 2. The van der Waals surface area contributed by atoms with Crippen molar-refractivity contribution in [2.45, 2.75) is 51.6 Å². The maximum Gasteiger partial charge on any atom is 0.270 e. The molecule has 1 aromatic carbocycles. The number of aromatic nitrogens is 1. The normalized spacial score (nSPS) is 16.2. The van der Waals surface area contributed by atoms with Crippen LogP contribution >= 0.6 is 0 Å². The number of amides is 1. The number of hydrogen-bond acceptors (Lipinski definition) is 3. The van der Waals surface area contributed by atoms with Crippen LogP contribution in [0.2, 0.25) is 0 Å². The average Bonchev–Trinajstić information content (AvgIpc) is 3.11. The minimum atomic E-state index is -0.549. The van der Waals surface area contributed by atoms with Gasteiger partial charge in [0.15, 0.2) is 0 Å². The topological polar surface area (TPSA) is 65.6 Å². The number of methoxy groups -OCH3 is 1. The first kappa shape index (κ1) is 18.8. The van der Waals surface area contributed by atoms with Gasteiger partial charge in [-0.3, -0.25) is 4.79 Å². The molecule has 0 atom stereocenters. The highest BCUT2D eigenvalue weighted by Crippen LogP contribution is 2.31. The summed E-state index contributed by atoms with van der Waals surface area (Å²) >= 11 is 0. The second-order valence-corrected chi connectivity index (χ2v) is 7.51. The Bertz CT molecular complexity index is 756. The van der Waals surface area contributed by atoms with E-state index in [9.17, 15) is 9.90 Å². The van der Waals surface area contributed by atoms with Crippen LogP contribution in [0, 0.1) is 5.92 Å². The molecule has 1 aliphatic rings. The second-order valence-electron chi connectivity index (χ2n) is 7.51. The van der Waals surface area contributed by atoms with E-state index >= 15 is 0 Å². The fourth-order valence-corrected chi connectivity index (χ4v) is 3.94. The minimum absolute atomic E-state index is 0.0554. The Balaban J connectivity index is 1.63. The van der Waals surface area contributed by atoms with Gasteiger partial charge in [-0.2, -0.15) is 0 Å². The number of nitrogens with one attached hydrogen (secondary N) is 1. The van der Waals surface area contributed by atoms with Crippen molar-refractivity contribution < 1.29 is 14.6 Å². The molecule has 3 rings (SSSR count). The molecule has 2 heterocycles. The lowest BCUT2D eigenvalue weighted by Crippen LogP contribution is -2.41. The Morgan fingerprint density at radius 2 is 1.96 bits per heavy atom. The zero-order chi connectivity index (χ0) is 18.7. The summed E-state index contributed by atoms with van der Waals surface area (Å²) in [4.78, 5) is 18.0. The molecule has 142 valence electrons. The van der Waals surface area contributed by atoms with E-state index in [0.29, 0.717) is 11.6 Å². The van der Waals surface area contributed by atoms with Crippen LogP contribution in [0.15, 0.2) is 24.3 Å². The second kappa shape index (κ2) is 7.70. The van der Waals surface area contributed by atoms with Gasteiger partial charge in [-0.1, -0.05) is 13.8 Å². The summed E-state index contributed by atoms with van der Waals surface area (Å²) in [5, 5.41) is 11.5. The Hall–Kier alpha value is -2.01. The number of aliphatic hydroxyl groups is 1. The van der Waals surface area contributed by atoms with E-state index in [4.69, 9.17) is 4.74 Å². The third kappa shape index (κ3) is 3.88. The van der Waals surface area contributed by atoms with Crippen LogP contribution in [-0.2, 0) is 0 Å². The van der Waals surface area contributed by atoms with Crippen LogP contribution in [0.4, 0.5) is 0 Å².